The van der Waals surface area contributed by atoms with E-state index in [0.29, 0.717) is 5.13 Å². The topological polar surface area (TPSA) is 54.5 Å². The molecule has 0 radical (unpaired) electrons. The first kappa shape index (κ1) is 20.9. The average molecular weight is 423 g/mol. The number of nitrogens with one attached hydrogen (secondary N) is 1. The Kier molecular flexibility index (Phi) is 5.97. The van der Waals surface area contributed by atoms with Crippen LogP contribution in [0.4, 0.5) is 18.3 Å². The van der Waals surface area contributed by atoms with Gasteiger partial charge in [0.2, 0.25) is 5.91 Å². The van der Waals surface area contributed by atoms with Gasteiger partial charge in [-0.3, -0.25) is 4.79 Å². The first-order valence-corrected chi connectivity index (χ1v) is 9.64. The number of nitrogens with zero attached hydrogens (tertiary/aromatic N) is 2. The van der Waals surface area contributed by atoms with Gasteiger partial charge < -0.3 is 15.0 Å². The zero-order valence-corrected chi connectivity index (χ0v) is 16.9. The predicted octanol–water partition coefficient (Wildman–Crippen LogP) is 4.56. The molecule has 29 heavy (non-hydrogen) atoms. The van der Waals surface area contributed by atoms with E-state index in [0.717, 1.165) is 21.3 Å². The number of hydrogen-bond donors (Lipinski definition) is 1. The molecule has 5 nitrogen and oxygen atoms in total. The van der Waals surface area contributed by atoms with Crippen molar-refractivity contribution in [1.29, 1.82) is 0 Å². The summed E-state index contributed by atoms with van der Waals surface area (Å²) in [6.45, 7) is 3.95. The summed E-state index contributed by atoms with van der Waals surface area (Å²) in [6.07, 6.45) is -4.79. The summed E-state index contributed by atoms with van der Waals surface area (Å²) in [4.78, 5) is 18.6. The Bertz CT molecular complexity index is 994. The number of halogens is 3. The molecule has 1 heterocycles. The van der Waals surface area contributed by atoms with Gasteiger partial charge in [-0.25, -0.2) is 4.98 Å². The Morgan fingerprint density at radius 3 is 2.55 bits per heavy atom. The number of alkyl halides is 3. The fourth-order valence-corrected chi connectivity index (χ4v) is 3.89. The number of benzene rings is 2. The smallest absolute Gasteiger partial charge is 0.405 e. The zero-order valence-electron chi connectivity index (χ0n) is 16.1. The number of thiazole rings is 1. The zero-order chi connectivity index (χ0) is 21.2. The lowest BCUT2D eigenvalue weighted by atomic mass is 10.1. The Morgan fingerprint density at radius 1 is 1.17 bits per heavy atom. The molecule has 3 rings (SSSR count). The van der Waals surface area contributed by atoms with Crippen molar-refractivity contribution in [1.82, 2.24) is 10.3 Å². The molecule has 2 aromatic carbocycles. The number of ether oxygens (including phenoxy) is 1. The molecule has 1 aromatic heterocycles. The Morgan fingerprint density at radius 2 is 1.86 bits per heavy atom. The van der Waals surface area contributed by atoms with Gasteiger partial charge in [0.25, 0.3) is 0 Å². The third-order valence-electron chi connectivity index (χ3n) is 4.31. The second kappa shape index (κ2) is 8.28. The van der Waals surface area contributed by atoms with Crippen LogP contribution in [0.15, 0.2) is 36.4 Å². The lowest BCUT2D eigenvalue weighted by Gasteiger charge is -2.16. The molecule has 1 N–H and O–H groups in total. The van der Waals surface area contributed by atoms with Crippen LogP contribution in [-0.4, -0.2) is 30.8 Å². The molecule has 0 atom stereocenters. The summed E-state index contributed by atoms with van der Waals surface area (Å²) in [5, 5.41) is 3.33. The molecule has 1 amide bonds. The van der Waals surface area contributed by atoms with Gasteiger partial charge in [-0.15, -0.1) is 13.2 Å². The number of para-hydroxylation sites is 1. The first-order valence-electron chi connectivity index (χ1n) is 8.82. The molecule has 0 saturated heterocycles. The monoisotopic (exact) mass is 423 g/mol. The van der Waals surface area contributed by atoms with E-state index in [1.807, 2.05) is 26.0 Å². The third-order valence-corrected chi connectivity index (χ3v) is 5.62. The molecule has 0 aliphatic rings. The van der Waals surface area contributed by atoms with Crippen molar-refractivity contribution in [2.24, 2.45) is 0 Å². The third kappa shape index (κ3) is 5.17. The van der Waals surface area contributed by atoms with Gasteiger partial charge in [0.15, 0.2) is 5.13 Å². The van der Waals surface area contributed by atoms with Crippen molar-refractivity contribution < 1.29 is 22.7 Å². The molecule has 0 spiro atoms. The summed E-state index contributed by atoms with van der Waals surface area (Å²) in [6, 6.07) is 9.76. The van der Waals surface area contributed by atoms with Crippen LogP contribution in [0.1, 0.15) is 16.7 Å². The van der Waals surface area contributed by atoms with Crippen LogP contribution in [0, 0.1) is 13.8 Å². The Balaban J connectivity index is 1.65. The second-order valence-corrected chi connectivity index (χ2v) is 7.64. The number of likely N-dealkylation sites (N-methyl/N-ethyl adjacent to an activating group) is 1. The van der Waals surface area contributed by atoms with Gasteiger partial charge in [0.05, 0.1) is 16.8 Å². The molecular weight excluding hydrogens is 403 g/mol. The summed E-state index contributed by atoms with van der Waals surface area (Å²) in [5.74, 6) is -0.659. The van der Waals surface area contributed by atoms with Crippen molar-refractivity contribution in [3.8, 4) is 5.75 Å². The molecular formula is C20H20F3N3O2S. The number of aryl methyl sites for hydroxylation is 2. The molecule has 0 saturated carbocycles. The first-order chi connectivity index (χ1) is 13.6. The van der Waals surface area contributed by atoms with E-state index in [1.165, 1.54) is 29.5 Å². The van der Waals surface area contributed by atoms with E-state index in [9.17, 15) is 18.0 Å². The minimum atomic E-state index is -4.79. The lowest BCUT2D eigenvalue weighted by Crippen LogP contribution is -2.35. The van der Waals surface area contributed by atoms with Crippen LogP contribution >= 0.6 is 11.3 Å². The summed E-state index contributed by atoms with van der Waals surface area (Å²) in [5.41, 5.74) is 3.34. The van der Waals surface area contributed by atoms with E-state index in [1.54, 1.807) is 18.0 Å². The number of carbonyl (C=O) groups is 1. The lowest BCUT2D eigenvalue weighted by molar-refractivity contribution is -0.274. The standard InChI is InChI=1S/C20H20F3N3O2S/c1-12-8-9-13(2)18-17(12)25-19(29-18)26(3)11-16(27)24-10-14-6-4-5-7-15(14)28-20(21,22)23/h4-9H,10-11H2,1-3H3,(H,24,27). The van der Waals surface area contributed by atoms with Crippen LogP contribution in [0.3, 0.4) is 0 Å². The van der Waals surface area contributed by atoms with Gasteiger partial charge in [0, 0.05) is 19.2 Å². The van der Waals surface area contributed by atoms with Crippen molar-refractivity contribution in [3.63, 3.8) is 0 Å². The Labute approximate surface area is 170 Å². The van der Waals surface area contributed by atoms with Crippen LogP contribution < -0.4 is 15.0 Å². The average Bonchev–Trinajstić information content (AvgIpc) is 3.10. The summed E-state index contributed by atoms with van der Waals surface area (Å²) < 4.78 is 42.6. The number of rotatable bonds is 6. The maximum absolute atomic E-state index is 12.5. The fourth-order valence-electron chi connectivity index (χ4n) is 2.82. The fraction of sp³-hybridized carbons (Fsp3) is 0.300. The number of carbonyl (C=O) groups excluding carboxylic acids is 1. The quantitative estimate of drug-likeness (QED) is 0.631. The minimum Gasteiger partial charge on any atom is -0.405 e. The van der Waals surface area contributed by atoms with Gasteiger partial charge >= 0.3 is 6.36 Å². The largest absolute Gasteiger partial charge is 0.573 e. The highest BCUT2D eigenvalue weighted by Gasteiger charge is 2.32. The van der Waals surface area contributed by atoms with E-state index in [4.69, 9.17) is 0 Å². The molecule has 0 aliphatic carbocycles. The highest BCUT2D eigenvalue weighted by molar-refractivity contribution is 7.22. The van der Waals surface area contributed by atoms with Gasteiger partial charge in [-0.1, -0.05) is 41.7 Å². The second-order valence-electron chi connectivity index (χ2n) is 6.66. The van der Waals surface area contributed by atoms with Crippen LogP contribution in [0.2, 0.25) is 0 Å². The van der Waals surface area contributed by atoms with Crippen LogP contribution in [0.25, 0.3) is 10.2 Å². The summed E-state index contributed by atoms with van der Waals surface area (Å²) in [7, 11) is 1.75. The van der Waals surface area contributed by atoms with Crippen molar-refractivity contribution in [2.45, 2.75) is 26.8 Å². The van der Waals surface area contributed by atoms with Gasteiger partial charge in [-0.05, 0) is 31.0 Å². The predicted molar refractivity (Wildman–Crippen MR) is 107 cm³/mol. The summed E-state index contributed by atoms with van der Waals surface area (Å²) >= 11 is 1.50. The van der Waals surface area contributed by atoms with Gasteiger partial charge in [0.1, 0.15) is 5.75 Å². The minimum absolute atomic E-state index is 0.0280. The molecule has 0 aliphatic heterocycles. The SMILES string of the molecule is Cc1ccc(C)c2sc(N(C)CC(=O)NCc3ccccc3OC(F)(F)F)nc12. The van der Waals surface area contributed by atoms with Gasteiger partial charge in [-0.2, -0.15) is 0 Å². The van der Waals surface area contributed by atoms with Crippen LogP contribution in [0.5, 0.6) is 5.75 Å². The Hall–Kier alpha value is -2.81. The van der Waals surface area contributed by atoms with Crippen molar-refractivity contribution in [3.05, 3.63) is 53.1 Å². The number of hydrogen-bond acceptors (Lipinski definition) is 5. The molecule has 0 fully saturated rings. The number of amides is 1. The van der Waals surface area contributed by atoms with E-state index < -0.39 is 6.36 Å². The highest BCUT2D eigenvalue weighted by atomic mass is 32.1. The number of fused-ring (bicyclic) bond motifs is 1. The maximum Gasteiger partial charge on any atom is 0.573 e. The molecule has 3 aromatic rings. The molecule has 154 valence electrons. The van der Waals surface area contributed by atoms with Crippen molar-refractivity contribution >= 4 is 32.6 Å². The molecule has 9 heteroatoms. The molecule has 0 unspecified atom stereocenters. The van der Waals surface area contributed by atoms with E-state index >= 15 is 0 Å². The number of anilines is 1. The van der Waals surface area contributed by atoms with Crippen LogP contribution in [-0.2, 0) is 11.3 Å². The van der Waals surface area contributed by atoms with Crippen molar-refractivity contribution in [2.75, 3.05) is 18.5 Å². The normalized spacial score (nSPS) is 11.5. The maximum atomic E-state index is 12.5. The number of aromatic nitrogens is 1. The van der Waals surface area contributed by atoms with E-state index in [2.05, 4.69) is 15.0 Å². The molecule has 0 bridgehead atoms. The highest BCUT2D eigenvalue weighted by Crippen LogP contribution is 2.32. The van der Waals surface area contributed by atoms with E-state index in [-0.39, 0.29) is 30.3 Å².